The van der Waals surface area contributed by atoms with E-state index in [-0.39, 0.29) is 30.9 Å². The van der Waals surface area contributed by atoms with Crippen molar-refractivity contribution < 1.29 is 23.1 Å². The molecule has 1 atom stereocenters. The minimum Gasteiger partial charge on any atom is -0.480 e. The van der Waals surface area contributed by atoms with Crippen LogP contribution in [0.15, 0.2) is 24.4 Å². The fraction of sp³-hybridized carbons (Fsp3) is 0.484. The molecular weight excluding hydrogens is 559 g/mol. The van der Waals surface area contributed by atoms with Crippen molar-refractivity contribution in [2.24, 2.45) is 0 Å². The largest absolute Gasteiger partial charge is 0.480 e. The van der Waals surface area contributed by atoms with Gasteiger partial charge in [-0.1, -0.05) is 26.0 Å². The summed E-state index contributed by atoms with van der Waals surface area (Å²) in [6.45, 7) is 6.64. The fourth-order valence-corrected chi connectivity index (χ4v) is 6.41. The molecule has 1 saturated heterocycles. The topological polar surface area (TPSA) is 97.7 Å². The summed E-state index contributed by atoms with van der Waals surface area (Å²) in [4.78, 5) is 31.1. The van der Waals surface area contributed by atoms with Gasteiger partial charge in [-0.3, -0.25) is 9.69 Å². The second-order valence-corrected chi connectivity index (χ2v) is 12.2. The molecule has 2 aromatic heterocycles. The molecule has 0 spiro atoms. The standard InChI is InChI=1S/C31H34F3N7O2/c1-30(2)11-15-39(3)25-16-19(8-9-21(25)30)36-27-20-10-14-41(28-22(31(32,33)34)6-4-12-35-28)17-23(20)37-26(38-27)18-40-13-5-7-24(40)29(42)43/h8-9,12,16,24H,5,7,10-11,13-15,17-18H2,1-3H3,(H,42,43)(H,36,37,38). The highest BCUT2D eigenvalue weighted by atomic mass is 19.4. The first-order valence-electron chi connectivity index (χ1n) is 14.5. The molecule has 0 amide bonds. The number of alkyl halides is 3. The zero-order valence-electron chi connectivity index (χ0n) is 24.4. The van der Waals surface area contributed by atoms with Gasteiger partial charge in [0.1, 0.15) is 23.2 Å². The SMILES string of the molecule is CN1CCC(C)(C)c2ccc(Nc3nc(CN4CCCC4C(=O)O)nc4c3CCN(c3ncc#cc3C(F)(F)F)C4)cc21. The average Bonchev–Trinajstić information content (AvgIpc) is 3.43. The number of likely N-dealkylation sites (tertiary alicyclic amines) is 1. The number of rotatable bonds is 6. The Morgan fingerprint density at radius 3 is 2.79 bits per heavy atom. The Hall–Kier alpha value is -4.11. The van der Waals surface area contributed by atoms with Crippen LogP contribution in [-0.4, -0.2) is 63.7 Å². The highest BCUT2D eigenvalue weighted by Gasteiger charge is 2.38. The number of nitrogens with zero attached hydrogens (tertiary/aromatic N) is 6. The van der Waals surface area contributed by atoms with Gasteiger partial charge in [-0.2, -0.15) is 13.2 Å². The predicted molar refractivity (Wildman–Crippen MR) is 155 cm³/mol. The van der Waals surface area contributed by atoms with E-state index in [2.05, 4.69) is 60.4 Å². The summed E-state index contributed by atoms with van der Waals surface area (Å²) in [5.74, 6) is -0.0915. The molecule has 3 aliphatic heterocycles. The highest BCUT2D eigenvalue weighted by molar-refractivity contribution is 5.74. The van der Waals surface area contributed by atoms with Gasteiger partial charge in [0.15, 0.2) is 5.82 Å². The number of carboxylic acid groups (broad SMARTS) is 1. The van der Waals surface area contributed by atoms with Crippen LogP contribution < -0.4 is 15.1 Å². The van der Waals surface area contributed by atoms with Gasteiger partial charge in [0.25, 0.3) is 0 Å². The zero-order chi connectivity index (χ0) is 30.5. The van der Waals surface area contributed by atoms with E-state index in [0.29, 0.717) is 36.7 Å². The molecule has 0 radical (unpaired) electrons. The van der Waals surface area contributed by atoms with E-state index < -0.39 is 23.8 Å². The molecule has 226 valence electrons. The van der Waals surface area contributed by atoms with Gasteiger partial charge in [-0.15, -0.1) is 0 Å². The lowest BCUT2D eigenvalue weighted by molar-refractivity contribution is -0.142. The molecule has 43 heavy (non-hydrogen) atoms. The molecule has 5 heterocycles. The number of carboxylic acids is 1. The molecule has 1 aromatic carbocycles. The van der Waals surface area contributed by atoms with Gasteiger partial charge in [0, 0.05) is 37.1 Å². The molecule has 0 aliphatic carbocycles. The monoisotopic (exact) mass is 593 g/mol. The summed E-state index contributed by atoms with van der Waals surface area (Å²) in [6, 6.07) is 10.2. The molecular formula is C31H34F3N7O2. The first-order chi connectivity index (χ1) is 20.4. The summed E-state index contributed by atoms with van der Waals surface area (Å²) in [7, 11) is 2.08. The van der Waals surface area contributed by atoms with Crippen LogP contribution in [0, 0.1) is 12.1 Å². The first kappa shape index (κ1) is 29.0. The van der Waals surface area contributed by atoms with Crippen molar-refractivity contribution in [3.8, 4) is 0 Å². The third-order valence-corrected chi connectivity index (χ3v) is 8.83. The molecule has 0 bridgehead atoms. The molecule has 9 nitrogen and oxygen atoms in total. The Kier molecular flexibility index (Phi) is 7.32. The third kappa shape index (κ3) is 5.66. The number of carbonyl (C=O) groups is 1. The van der Waals surface area contributed by atoms with Crippen LogP contribution in [0.3, 0.4) is 0 Å². The molecule has 1 unspecified atom stereocenters. The quantitative estimate of drug-likeness (QED) is 0.411. The van der Waals surface area contributed by atoms with Gasteiger partial charge in [0.05, 0.1) is 25.0 Å². The lowest BCUT2D eigenvalue weighted by atomic mass is 9.78. The van der Waals surface area contributed by atoms with Crippen LogP contribution >= 0.6 is 0 Å². The summed E-state index contributed by atoms with van der Waals surface area (Å²) in [5, 5.41) is 13.2. The van der Waals surface area contributed by atoms with E-state index >= 15 is 0 Å². The number of hydrogen-bond acceptors (Lipinski definition) is 8. The van der Waals surface area contributed by atoms with Crippen molar-refractivity contribution in [2.45, 2.75) is 70.3 Å². The van der Waals surface area contributed by atoms with Crippen LogP contribution in [0.5, 0.6) is 0 Å². The molecule has 6 rings (SSSR count). The number of aliphatic carboxylic acids is 1. The third-order valence-electron chi connectivity index (χ3n) is 8.83. The van der Waals surface area contributed by atoms with Gasteiger partial charge in [0.2, 0.25) is 0 Å². The predicted octanol–water partition coefficient (Wildman–Crippen LogP) is 4.96. The first-order valence-corrected chi connectivity index (χ1v) is 14.5. The molecule has 0 saturated carbocycles. The second kappa shape index (κ2) is 10.9. The van der Waals surface area contributed by atoms with Crippen LogP contribution in [-0.2, 0) is 35.9 Å². The smallest absolute Gasteiger partial charge is 0.427 e. The normalized spacial score (nSPS) is 19.9. The Labute approximate surface area is 248 Å². The second-order valence-electron chi connectivity index (χ2n) is 12.2. The number of aromatic nitrogens is 3. The van der Waals surface area contributed by atoms with Gasteiger partial charge >= 0.3 is 12.1 Å². The lowest BCUT2D eigenvalue weighted by Crippen LogP contribution is -2.37. The number of hydrogen-bond donors (Lipinski definition) is 2. The maximum atomic E-state index is 13.8. The maximum Gasteiger partial charge on any atom is 0.427 e. The van der Waals surface area contributed by atoms with Gasteiger partial charge < -0.3 is 20.2 Å². The van der Waals surface area contributed by atoms with Gasteiger partial charge in [-0.05, 0) is 61.4 Å². The lowest BCUT2D eigenvalue weighted by Gasteiger charge is -2.38. The van der Waals surface area contributed by atoms with E-state index in [1.807, 2.05) is 11.0 Å². The van der Waals surface area contributed by atoms with E-state index in [1.54, 1.807) is 4.90 Å². The minimum absolute atomic E-state index is 0.0530. The van der Waals surface area contributed by atoms with E-state index in [4.69, 9.17) is 9.97 Å². The van der Waals surface area contributed by atoms with E-state index in [9.17, 15) is 23.1 Å². The molecule has 3 aliphatic rings. The van der Waals surface area contributed by atoms with Crippen LogP contribution in [0.4, 0.5) is 36.2 Å². The minimum atomic E-state index is -4.63. The van der Waals surface area contributed by atoms with Crippen molar-refractivity contribution in [3.05, 3.63) is 64.7 Å². The van der Waals surface area contributed by atoms with E-state index in [1.165, 1.54) is 11.8 Å². The number of benzene rings is 1. The van der Waals surface area contributed by atoms with Crippen LogP contribution in [0.1, 0.15) is 61.3 Å². The Morgan fingerprint density at radius 2 is 2.02 bits per heavy atom. The zero-order valence-corrected chi connectivity index (χ0v) is 24.4. The molecule has 3 aromatic rings. The Balaban J connectivity index is 1.37. The fourth-order valence-electron chi connectivity index (χ4n) is 6.41. The van der Waals surface area contributed by atoms with Crippen molar-refractivity contribution in [1.29, 1.82) is 0 Å². The summed E-state index contributed by atoms with van der Waals surface area (Å²) < 4.78 is 41.4. The summed E-state index contributed by atoms with van der Waals surface area (Å²) >= 11 is 0. The Bertz CT molecular complexity index is 1540. The van der Waals surface area contributed by atoms with Crippen molar-refractivity contribution >= 4 is 29.0 Å². The van der Waals surface area contributed by atoms with Crippen LogP contribution in [0.2, 0.25) is 0 Å². The van der Waals surface area contributed by atoms with E-state index in [0.717, 1.165) is 36.3 Å². The number of fused-ring (bicyclic) bond motifs is 2. The molecule has 2 N–H and O–H groups in total. The summed E-state index contributed by atoms with van der Waals surface area (Å²) in [5.41, 5.74) is 3.75. The van der Waals surface area contributed by atoms with Gasteiger partial charge in [-0.25, -0.2) is 15.0 Å². The maximum absolute atomic E-state index is 13.8. The Morgan fingerprint density at radius 1 is 1.21 bits per heavy atom. The average molecular weight is 594 g/mol. The highest BCUT2D eigenvalue weighted by Crippen LogP contribution is 2.41. The molecule has 12 heteroatoms. The number of halogens is 3. The molecule has 1 fully saturated rings. The van der Waals surface area contributed by atoms with Crippen molar-refractivity contribution in [3.63, 3.8) is 0 Å². The summed E-state index contributed by atoms with van der Waals surface area (Å²) in [6.07, 6.45) is -0.682. The van der Waals surface area contributed by atoms with Crippen LogP contribution in [0.25, 0.3) is 0 Å². The van der Waals surface area contributed by atoms with Crippen molar-refractivity contribution in [2.75, 3.05) is 41.8 Å². The van der Waals surface area contributed by atoms with Crippen molar-refractivity contribution in [1.82, 2.24) is 19.9 Å². The number of nitrogens with one attached hydrogen (secondary N) is 1. The number of anilines is 4.